The molecule has 4 nitrogen and oxygen atoms in total. The molecule has 3 N–H and O–H groups in total. The summed E-state index contributed by atoms with van der Waals surface area (Å²) in [5.41, 5.74) is 0.971. The highest BCUT2D eigenvalue weighted by Gasteiger charge is 2.06. The number of amides is 2. The van der Waals surface area contributed by atoms with Crippen molar-refractivity contribution in [2.75, 3.05) is 10.6 Å². The van der Waals surface area contributed by atoms with E-state index < -0.39 is 6.03 Å². The van der Waals surface area contributed by atoms with Gasteiger partial charge in [-0.3, -0.25) is 0 Å². The standard InChI is InChI=1S/C13H10Cl2N2O2/c14-8-2-1-3-9(6-8)16-13(19)17-12-5-4-10(18)7-11(12)15/h1-7,18H,(H2,16,17,19). The maximum Gasteiger partial charge on any atom is 0.323 e. The minimum absolute atomic E-state index is 0.0331. The van der Waals surface area contributed by atoms with Crippen molar-refractivity contribution < 1.29 is 9.90 Å². The number of benzene rings is 2. The summed E-state index contributed by atoms with van der Waals surface area (Å²) in [5.74, 6) is 0.0331. The molecule has 0 aliphatic rings. The number of phenolic OH excluding ortho intramolecular Hbond substituents is 1. The van der Waals surface area contributed by atoms with Crippen molar-refractivity contribution >= 4 is 40.6 Å². The summed E-state index contributed by atoms with van der Waals surface area (Å²) >= 11 is 11.7. The van der Waals surface area contributed by atoms with Gasteiger partial charge in [0.15, 0.2) is 0 Å². The van der Waals surface area contributed by atoms with Crippen LogP contribution in [-0.2, 0) is 0 Å². The Balaban J connectivity index is 2.05. The Morgan fingerprint density at radius 2 is 1.84 bits per heavy atom. The van der Waals surface area contributed by atoms with E-state index in [2.05, 4.69) is 10.6 Å². The van der Waals surface area contributed by atoms with Gasteiger partial charge in [-0.2, -0.15) is 0 Å². The molecule has 0 saturated carbocycles. The largest absolute Gasteiger partial charge is 0.508 e. The molecule has 2 aromatic rings. The summed E-state index contributed by atoms with van der Waals surface area (Å²) in [4.78, 5) is 11.7. The van der Waals surface area contributed by atoms with E-state index >= 15 is 0 Å². The lowest BCUT2D eigenvalue weighted by atomic mass is 10.3. The molecule has 0 unspecified atom stereocenters. The van der Waals surface area contributed by atoms with Gasteiger partial charge >= 0.3 is 6.03 Å². The van der Waals surface area contributed by atoms with Crippen molar-refractivity contribution in [3.63, 3.8) is 0 Å². The molecule has 0 aromatic heterocycles. The number of carbonyl (C=O) groups excluding carboxylic acids is 1. The van der Waals surface area contributed by atoms with E-state index in [1.54, 1.807) is 24.3 Å². The van der Waals surface area contributed by atoms with Crippen LogP contribution in [-0.4, -0.2) is 11.1 Å². The van der Waals surface area contributed by atoms with Gasteiger partial charge in [0.25, 0.3) is 0 Å². The summed E-state index contributed by atoms with van der Waals surface area (Å²) in [5, 5.41) is 15.2. The van der Waals surface area contributed by atoms with Crippen LogP contribution in [0.3, 0.4) is 0 Å². The van der Waals surface area contributed by atoms with E-state index in [0.717, 1.165) is 0 Å². The number of halogens is 2. The van der Waals surface area contributed by atoms with Crippen molar-refractivity contribution in [1.29, 1.82) is 0 Å². The third kappa shape index (κ3) is 3.77. The van der Waals surface area contributed by atoms with Crippen LogP contribution in [0.25, 0.3) is 0 Å². The monoisotopic (exact) mass is 296 g/mol. The number of hydrogen-bond acceptors (Lipinski definition) is 2. The van der Waals surface area contributed by atoms with E-state index in [9.17, 15) is 9.90 Å². The molecular weight excluding hydrogens is 287 g/mol. The van der Waals surface area contributed by atoms with Crippen LogP contribution in [0, 0.1) is 0 Å². The zero-order valence-corrected chi connectivity index (χ0v) is 11.2. The van der Waals surface area contributed by atoms with E-state index in [-0.39, 0.29) is 10.8 Å². The van der Waals surface area contributed by atoms with Crippen LogP contribution < -0.4 is 10.6 Å². The molecule has 0 aliphatic heterocycles. The Kier molecular flexibility index (Phi) is 4.14. The normalized spacial score (nSPS) is 10.0. The van der Waals surface area contributed by atoms with Crippen LogP contribution >= 0.6 is 23.2 Å². The minimum Gasteiger partial charge on any atom is -0.508 e. The summed E-state index contributed by atoms with van der Waals surface area (Å²) in [6, 6.07) is 10.6. The van der Waals surface area contributed by atoms with Gasteiger partial charge < -0.3 is 15.7 Å². The maximum atomic E-state index is 11.7. The number of urea groups is 1. The molecule has 2 aromatic carbocycles. The highest BCUT2D eigenvalue weighted by Crippen LogP contribution is 2.26. The zero-order valence-electron chi connectivity index (χ0n) is 9.65. The average Bonchev–Trinajstić information content (AvgIpc) is 2.33. The van der Waals surface area contributed by atoms with Crippen LogP contribution in [0.5, 0.6) is 5.75 Å². The lowest BCUT2D eigenvalue weighted by molar-refractivity contribution is 0.262. The fourth-order valence-corrected chi connectivity index (χ4v) is 1.87. The number of nitrogens with one attached hydrogen (secondary N) is 2. The van der Waals surface area contributed by atoms with Crippen molar-refractivity contribution in [1.82, 2.24) is 0 Å². The quantitative estimate of drug-likeness (QED) is 0.722. The van der Waals surface area contributed by atoms with Crippen molar-refractivity contribution in [3.05, 3.63) is 52.5 Å². The molecule has 0 spiro atoms. The van der Waals surface area contributed by atoms with Crippen LogP contribution in [0.4, 0.5) is 16.2 Å². The molecule has 2 rings (SSSR count). The molecule has 0 heterocycles. The zero-order chi connectivity index (χ0) is 13.8. The molecule has 6 heteroatoms. The van der Waals surface area contributed by atoms with Crippen LogP contribution in [0.2, 0.25) is 10.0 Å². The minimum atomic E-state index is -0.449. The molecule has 0 atom stereocenters. The number of anilines is 2. The number of aromatic hydroxyl groups is 1. The smallest absolute Gasteiger partial charge is 0.323 e. The lowest BCUT2D eigenvalue weighted by Gasteiger charge is -2.09. The average molecular weight is 297 g/mol. The highest BCUT2D eigenvalue weighted by molar-refractivity contribution is 6.34. The van der Waals surface area contributed by atoms with E-state index in [1.807, 2.05) is 0 Å². The summed E-state index contributed by atoms with van der Waals surface area (Å²) in [6.45, 7) is 0. The van der Waals surface area contributed by atoms with E-state index in [0.29, 0.717) is 16.4 Å². The fraction of sp³-hybridized carbons (Fsp3) is 0. The SMILES string of the molecule is O=C(Nc1cccc(Cl)c1)Nc1ccc(O)cc1Cl. The van der Waals surface area contributed by atoms with Gasteiger partial charge in [-0.1, -0.05) is 29.3 Å². The van der Waals surface area contributed by atoms with Crippen molar-refractivity contribution in [2.24, 2.45) is 0 Å². The predicted molar refractivity (Wildman–Crippen MR) is 77.2 cm³/mol. The number of hydrogen-bond donors (Lipinski definition) is 3. The first-order valence-corrected chi connectivity index (χ1v) is 6.12. The second-order valence-electron chi connectivity index (χ2n) is 3.75. The number of rotatable bonds is 2. The van der Waals surface area contributed by atoms with Gasteiger partial charge in [0.05, 0.1) is 10.7 Å². The van der Waals surface area contributed by atoms with Crippen molar-refractivity contribution in [3.8, 4) is 5.75 Å². The first-order chi connectivity index (χ1) is 9.04. The van der Waals surface area contributed by atoms with Crippen LogP contribution in [0.15, 0.2) is 42.5 Å². The maximum absolute atomic E-state index is 11.7. The Labute approximate surface area is 120 Å². The van der Waals surface area contributed by atoms with Crippen molar-refractivity contribution in [2.45, 2.75) is 0 Å². The second-order valence-corrected chi connectivity index (χ2v) is 4.60. The van der Waals surface area contributed by atoms with E-state index in [1.165, 1.54) is 18.2 Å². The number of carbonyl (C=O) groups is 1. The molecule has 0 saturated heterocycles. The molecule has 98 valence electrons. The summed E-state index contributed by atoms with van der Waals surface area (Å²) in [6.07, 6.45) is 0. The predicted octanol–water partition coefficient (Wildman–Crippen LogP) is 4.34. The van der Waals surface area contributed by atoms with Crippen LogP contribution in [0.1, 0.15) is 0 Å². The first-order valence-electron chi connectivity index (χ1n) is 5.37. The molecule has 0 radical (unpaired) electrons. The first kappa shape index (κ1) is 13.5. The molecule has 19 heavy (non-hydrogen) atoms. The lowest BCUT2D eigenvalue weighted by Crippen LogP contribution is -2.19. The van der Waals surface area contributed by atoms with Gasteiger partial charge in [-0.25, -0.2) is 4.79 Å². The van der Waals surface area contributed by atoms with Gasteiger partial charge in [0, 0.05) is 16.8 Å². The molecule has 0 fully saturated rings. The summed E-state index contributed by atoms with van der Waals surface area (Å²) < 4.78 is 0. The second kappa shape index (κ2) is 5.82. The molecular formula is C13H10Cl2N2O2. The fourth-order valence-electron chi connectivity index (χ4n) is 1.46. The Hall–Kier alpha value is -1.91. The Morgan fingerprint density at radius 3 is 2.53 bits per heavy atom. The van der Waals surface area contributed by atoms with Gasteiger partial charge in [0.2, 0.25) is 0 Å². The third-order valence-electron chi connectivity index (χ3n) is 2.28. The molecule has 0 bridgehead atoms. The number of phenols is 1. The van der Waals surface area contributed by atoms with Gasteiger partial charge in [-0.05, 0) is 30.3 Å². The topological polar surface area (TPSA) is 61.4 Å². The Morgan fingerprint density at radius 1 is 1.05 bits per heavy atom. The highest BCUT2D eigenvalue weighted by atomic mass is 35.5. The molecule has 2 amide bonds. The van der Waals surface area contributed by atoms with Gasteiger partial charge in [-0.15, -0.1) is 0 Å². The van der Waals surface area contributed by atoms with E-state index in [4.69, 9.17) is 23.2 Å². The van der Waals surface area contributed by atoms with Gasteiger partial charge in [0.1, 0.15) is 5.75 Å². The Bertz CT molecular complexity index is 617. The molecule has 0 aliphatic carbocycles. The summed E-state index contributed by atoms with van der Waals surface area (Å²) in [7, 11) is 0. The third-order valence-corrected chi connectivity index (χ3v) is 2.83.